The summed E-state index contributed by atoms with van der Waals surface area (Å²) in [5.74, 6) is -1.91. The number of nitrogens with zero attached hydrogens (tertiary/aromatic N) is 2. The molecular weight excluding hydrogens is 356 g/mol. The van der Waals surface area contributed by atoms with E-state index in [-0.39, 0.29) is 34.2 Å². The molecule has 0 bridgehead atoms. The number of thioether (sulfide) groups is 1. The number of carbonyl (C=O) groups is 2. The van der Waals surface area contributed by atoms with Gasteiger partial charge in [-0.2, -0.15) is 0 Å². The Morgan fingerprint density at radius 3 is 2.79 bits per heavy atom. The fraction of sp³-hybridized carbons (Fsp3) is 0.214. The highest BCUT2D eigenvalue weighted by atomic mass is 32.2. The molecule has 0 atom stereocenters. The van der Waals surface area contributed by atoms with Crippen molar-refractivity contribution in [2.75, 3.05) is 6.54 Å². The van der Waals surface area contributed by atoms with Crippen LogP contribution in [0.5, 0.6) is 5.75 Å². The molecule has 1 fully saturated rings. The zero-order valence-electron chi connectivity index (χ0n) is 12.2. The number of carboxylic acid groups (broad SMARTS) is 1. The van der Waals surface area contributed by atoms with Crippen LogP contribution >= 0.6 is 24.0 Å². The van der Waals surface area contributed by atoms with Gasteiger partial charge in [-0.25, -0.2) is 0 Å². The number of carboxylic acids is 1. The third kappa shape index (κ3) is 3.89. The molecule has 1 saturated heterocycles. The molecule has 0 saturated carbocycles. The van der Waals surface area contributed by atoms with E-state index in [1.165, 1.54) is 23.1 Å². The van der Waals surface area contributed by atoms with Gasteiger partial charge >= 0.3 is 11.7 Å². The van der Waals surface area contributed by atoms with Gasteiger partial charge in [-0.1, -0.05) is 36.1 Å². The summed E-state index contributed by atoms with van der Waals surface area (Å²) in [6, 6.07) is 4.00. The Morgan fingerprint density at radius 1 is 1.46 bits per heavy atom. The van der Waals surface area contributed by atoms with Crippen LogP contribution in [0.4, 0.5) is 5.69 Å². The Balaban J connectivity index is 2.21. The number of hydrogen-bond acceptors (Lipinski definition) is 7. The maximum atomic E-state index is 12.3. The van der Waals surface area contributed by atoms with Gasteiger partial charge in [0, 0.05) is 24.6 Å². The van der Waals surface area contributed by atoms with Crippen LogP contribution < -0.4 is 0 Å². The first kappa shape index (κ1) is 17.9. The van der Waals surface area contributed by atoms with E-state index in [2.05, 4.69) is 0 Å². The van der Waals surface area contributed by atoms with Gasteiger partial charge in [0.05, 0.1) is 9.83 Å². The Labute approximate surface area is 145 Å². The lowest BCUT2D eigenvalue weighted by Gasteiger charge is -2.13. The Morgan fingerprint density at radius 2 is 2.17 bits per heavy atom. The first-order valence-corrected chi connectivity index (χ1v) is 7.97. The van der Waals surface area contributed by atoms with Crippen molar-refractivity contribution in [2.24, 2.45) is 0 Å². The number of nitro groups is 1. The normalized spacial score (nSPS) is 16.0. The molecule has 0 unspecified atom stereocenters. The molecule has 0 aliphatic carbocycles. The maximum absolute atomic E-state index is 12.3. The second-order valence-corrected chi connectivity index (χ2v) is 6.48. The number of phenolic OH excluding ortho intramolecular Hbond substituents is 1. The Hall–Kier alpha value is -2.46. The monoisotopic (exact) mass is 368 g/mol. The summed E-state index contributed by atoms with van der Waals surface area (Å²) in [6.07, 6.45) is 1.51. The predicted molar refractivity (Wildman–Crippen MR) is 91.5 cm³/mol. The molecule has 8 nitrogen and oxygen atoms in total. The lowest BCUT2D eigenvalue weighted by molar-refractivity contribution is -0.385. The molecule has 126 valence electrons. The number of benzene rings is 1. The van der Waals surface area contributed by atoms with Crippen LogP contribution in [0.2, 0.25) is 0 Å². The second kappa shape index (κ2) is 7.41. The minimum Gasteiger partial charge on any atom is -0.502 e. The van der Waals surface area contributed by atoms with Crippen molar-refractivity contribution >= 4 is 51.9 Å². The van der Waals surface area contributed by atoms with E-state index in [0.717, 1.165) is 17.8 Å². The first-order valence-electron chi connectivity index (χ1n) is 6.74. The van der Waals surface area contributed by atoms with E-state index < -0.39 is 28.2 Å². The van der Waals surface area contributed by atoms with Crippen LogP contribution in [0.1, 0.15) is 18.4 Å². The van der Waals surface area contributed by atoms with E-state index in [0.29, 0.717) is 0 Å². The zero-order valence-corrected chi connectivity index (χ0v) is 13.8. The summed E-state index contributed by atoms with van der Waals surface area (Å²) in [5.41, 5.74) is -0.323. The Bertz CT molecular complexity index is 762. The van der Waals surface area contributed by atoms with Crippen LogP contribution in [0.25, 0.3) is 6.08 Å². The summed E-state index contributed by atoms with van der Waals surface area (Å²) in [5, 5.41) is 29.4. The average molecular weight is 368 g/mol. The van der Waals surface area contributed by atoms with Gasteiger partial charge in [0.1, 0.15) is 4.32 Å². The van der Waals surface area contributed by atoms with E-state index in [1.54, 1.807) is 0 Å². The van der Waals surface area contributed by atoms with E-state index >= 15 is 0 Å². The molecule has 0 aromatic heterocycles. The van der Waals surface area contributed by atoms with Gasteiger partial charge < -0.3 is 10.2 Å². The fourth-order valence-corrected chi connectivity index (χ4v) is 3.33. The molecule has 2 rings (SSSR count). The number of amides is 1. The molecule has 10 heteroatoms. The second-order valence-electron chi connectivity index (χ2n) is 4.80. The highest BCUT2D eigenvalue weighted by Gasteiger charge is 2.32. The molecule has 1 heterocycles. The van der Waals surface area contributed by atoms with Gasteiger partial charge in [-0.05, 0) is 12.5 Å². The van der Waals surface area contributed by atoms with Crippen LogP contribution in [0, 0.1) is 10.1 Å². The number of phenols is 1. The van der Waals surface area contributed by atoms with Crippen LogP contribution in [0.15, 0.2) is 23.1 Å². The van der Waals surface area contributed by atoms with Gasteiger partial charge in [0.15, 0.2) is 0 Å². The third-order valence-electron chi connectivity index (χ3n) is 3.18. The smallest absolute Gasteiger partial charge is 0.311 e. The van der Waals surface area contributed by atoms with E-state index in [9.17, 15) is 24.8 Å². The molecule has 1 aromatic rings. The highest BCUT2D eigenvalue weighted by molar-refractivity contribution is 8.26. The van der Waals surface area contributed by atoms with Crippen LogP contribution in [-0.2, 0) is 9.59 Å². The fourth-order valence-electron chi connectivity index (χ4n) is 2.03. The van der Waals surface area contributed by atoms with E-state index in [4.69, 9.17) is 17.3 Å². The van der Waals surface area contributed by atoms with E-state index in [1.807, 2.05) is 0 Å². The lowest BCUT2D eigenvalue weighted by Crippen LogP contribution is -2.29. The van der Waals surface area contributed by atoms with Gasteiger partial charge in [0.2, 0.25) is 5.75 Å². The van der Waals surface area contributed by atoms with Crippen LogP contribution in [0.3, 0.4) is 0 Å². The Kier molecular flexibility index (Phi) is 5.52. The molecule has 1 aromatic carbocycles. The summed E-state index contributed by atoms with van der Waals surface area (Å²) in [7, 11) is 0. The number of aliphatic carboxylic acids is 1. The molecule has 1 aliphatic rings. The topological polar surface area (TPSA) is 121 Å². The molecule has 0 spiro atoms. The first-order chi connectivity index (χ1) is 11.3. The van der Waals surface area contributed by atoms with Crippen molar-refractivity contribution in [3.05, 3.63) is 38.8 Å². The number of para-hydroxylation sites is 1. The van der Waals surface area contributed by atoms with Crippen molar-refractivity contribution in [3.8, 4) is 5.75 Å². The maximum Gasteiger partial charge on any atom is 0.311 e. The molecular formula is C14H12N2O6S2. The SMILES string of the molecule is O=C(O)CCCN1C(=O)C(=Cc2cccc([N+](=O)[O-])c2O)SC1=S. The standard InChI is InChI=1S/C14H12N2O6S2/c17-11(18)5-2-6-15-13(20)10(24-14(15)23)7-8-3-1-4-9(12(8)19)16(21)22/h1,3-4,7,19H,2,5-6H2,(H,17,18). The summed E-state index contributed by atoms with van der Waals surface area (Å²) in [6.45, 7) is 0.176. The number of hydrogen-bond donors (Lipinski definition) is 2. The predicted octanol–water partition coefficient (Wildman–Crippen LogP) is 2.37. The van der Waals surface area contributed by atoms with Crippen LogP contribution in [-0.4, -0.2) is 42.8 Å². The van der Waals surface area contributed by atoms with Crippen molar-refractivity contribution in [2.45, 2.75) is 12.8 Å². The quantitative estimate of drug-likeness (QED) is 0.340. The molecule has 0 radical (unpaired) electrons. The third-order valence-corrected chi connectivity index (χ3v) is 4.55. The number of rotatable bonds is 6. The molecule has 1 amide bonds. The number of carbonyl (C=O) groups excluding carboxylic acids is 1. The summed E-state index contributed by atoms with van der Waals surface area (Å²) >= 11 is 6.10. The molecule has 24 heavy (non-hydrogen) atoms. The van der Waals surface area contributed by atoms with Gasteiger partial charge in [-0.3, -0.25) is 24.6 Å². The number of aromatic hydroxyl groups is 1. The van der Waals surface area contributed by atoms with Crippen molar-refractivity contribution in [1.82, 2.24) is 4.90 Å². The minimum atomic E-state index is -0.961. The van der Waals surface area contributed by atoms with Gasteiger partial charge in [-0.15, -0.1) is 0 Å². The zero-order chi connectivity index (χ0) is 17.9. The molecule has 2 N–H and O–H groups in total. The van der Waals surface area contributed by atoms with Gasteiger partial charge in [0.25, 0.3) is 5.91 Å². The number of nitro benzene ring substituents is 1. The van der Waals surface area contributed by atoms with Crippen molar-refractivity contribution in [3.63, 3.8) is 0 Å². The molecule has 1 aliphatic heterocycles. The highest BCUT2D eigenvalue weighted by Crippen LogP contribution is 2.36. The van der Waals surface area contributed by atoms with Crippen molar-refractivity contribution in [1.29, 1.82) is 0 Å². The number of thiocarbonyl (C=S) groups is 1. The van der Waals surface area contributed by atoms with Crippen molar-refractivity contribution < 1.29 is 24.7 Å². The lowest BCUT2D eigenvalue weighted by atomic mass is 10.1. The minimum absolute atomic E-state index is 0.0816. The summed E-state index contributed by atoms with van der Waals surface area (Å²) in [4.78, 5) is 34.4. The average Bonchev–Trinajstić information content (AvgIpc) is 2.76. The summed E-state index contributed by atoms with van der Waals surface area (Å²) < 4.78 is 0.279. The largest absolute Gasteiger partial charge is 0.502 e.